The zero-order valence-electron chi connectivity index (χ0n) is 9.31. The molecule has 1 N–H and O–H groups in total. The third-order valence-corrected chi connectivity index (χ3v) is 3.14. The number of hydrogen-bond acceptors (Lipinski definition) is 3. The van der Waals surface area contributed by atoms with Gasteiger partial charge in [-0.3, -0.25) is 0 Å². The van der Waals surface area contributed by atoms with Crippen LogP contribution in [0.2, 0.25) is 0 Å². The van der Waals surface area contributed by atoms with Crippen LogP contribution in [0.5, 0.6) is 0 Å². The lowest BCUT2D eigenvalue weighted by atomic mass is 10.2. The molecule has 0 aliphatic carbocycles. The number of anilines is 1. The molecule has 0 radical (unpaired) electrons. The molecule has 0 spiro atoms. The van der Waals surface area contributed by atoms with Gasteiger partial charge in [0.1, 0.15) is 11.9 Å². The van der Waals surface area contributed by atoms with Crippen LogP contribution < -0.4 is 5.32 Å². The van der Waals surface area contributed by atoms with E-state index in [-0.39, 0.29) is 0 Å². The Bertz CT molecular complexity index is 568. The smallest absolute Gasteiger partial charge is 0.127 e. The quantitative estimate of drug-likeness (QED) is 0.946. The molecule has 1 heterocycles. The molecule has 4 nitrogen and oxygen atoms in total. The molecule has 0 fully saturated rings. The summed E-state index contributed by atoms with van der Waals surface area (Å²) in [7, 11) is 1.94. The Balaban J connectivity index is 2.18. The monoisotopic (exact) mass is 290 g/mol. The topological polar surface area (TPSA) is 53.6 Å². The summed E-state index contributed by atoms with van der Waals surface area (Å²) in [4.78, 5) is 4.21. The van der Waals surface area contributed by atoms with Crippen LogP contribution in [0.4, 0.5) is 5.69 Å². The molecule has 0 amide bonds. The molecule has 0 saturated carbocycles. The molecule has 5 heteroatoms. The number of nitrogens with one attached hydrogen (secondary N) is 1. The highest BCUT2D eigenvalue weighted by Crippen LogP contribution is 2.23. The molecule has 0 bridgehead atoms. The fourth-order valence-electron chi connectivity index (χ4n) is 1.53. The first-order valence-electron chi connectivity index (χ1n) is 5.11. The van der Waals surface area contributed by atoms with Crippen molar-refractivity contribution >= 4 is 21.6 Å². The first kappa shape index (κ1) is 11.7. The lowest BCUT2D eigenvalue weighted by Gasteiger charge is -2.09. The molecule has 1 aromatic heterocycles. The van der Waals surface area contributed by atoms with Crippen molar-refractivity contribution < 1.29 is 0 Å². The summed E-state index contributed by atoms with van der Waals surface area (Å²) in [5.41, 5.74) is 1.42. The Labute approximate surface area is 108 Å². The Morgan fingerprint density at radius 2 is 2.35 bits per heavy atom. The number of nitriles is 1. The summed E-state index contributed by atoms with van der Waals surface area (Å²) < 4.78 is 2.74. The zero-order chi connectivity index (χ0) is 12.3. The standard InChI is InChI=1S/C12H11BrN4/c1-17-6-5-15-12(17)8-16-11-4-2-3-10(13)9(11)7-14/h2-6,16H,8H2,1H3. The number of halogens is 1. The van der Waals surface area contributed by atoms with Crippen molar-refractivity contribution in [2.24, 2.45) is 7.05 Å². The predicted octanol–water partition coefficient (Wildman–Crippen LogP) is 2.67. The van der Waals surface area contributed by atoms with Gasteiger partial charge in [-0.1, -0.05) is 6.07 Å². The van der Waals surface area contributed by atoms with E-state index >= 15 is 0 Å². The fourth-order valence-corrected chi connectivity index (χ4v) is 1.98. The zero-order valence-corrected chi connectivity index (χ0v) is 10.9. The molecule has 86 valence electrons. The number of rotatable bonds is 3. The molecule has 0 aliphatic heterocycles. The Morgan fingerprint density at radius 3 is 3.00 bits per heavy atom. The van der Waals surface area contributed by atoms with Gasteiger partial charge in [-0.15, -0.1) is 0 Å². The van der Waals surface area contributed by atoms with Crippen molar-refractivity contribution in [2.45, 2.75) is 6.54 Å². The minimum atomic E-state index is 0.592. The third kappa shape index (κ3) is 2.48. The fraction of sp³-hybridized carbons (Fsp3) is 0.167. The van der Waals surface area contributed by atoms with Gasteiger partial charge in [0.05, 0.1) is 17.8 Å². The second-order valence-corrected chi connectivity index (χ2v) is 4.44. The molecule has 0 unspecified atom stereocenters. The van der Waals surface area contributed by atoms with Gasteiger partial charge in [0.15, 0.2) is 0 Å². The lowest BCUT2D eigenvalue weighted by molar-refractivity contribution is 0.813. The lowest BCUT2D eigenvalue weighted by Crippen LogP contribution is -2.06. The van der Waals surface area contributed by atoms with Gasteiger partial charge >= 0.3 is 0 Å². The SMILES string of the molecule is Cn1ccnc1CNc1cccc(Br)c1C#N. The van der Waals surface area contributed by atoms with Crippen LogP contribution in [-0.2, 0) is 13.6 Å². The third-order valence-electron chi connectivity index (χ3n) is 2.48. The van der Waals surface area contributed by atoms with Gasteiger partial charge < -0.3 is 9.88 Å². The maximum atomic E-state index is 9.07. The Morgan fingerprint density at radius 1 is 1.53 bits per heavy atom. The molecule has 0 atom stereocenters. The van der Waals surface area contributed by atoms with E-state index in [2.05, 4.69) is 32.3 Å². The van der Waals surface area contributed by atoms with Crippen molar-refractivity contribution in [1.82, 2.24) is 9.55 Å². The number of aryl methyl sites for hydroxylation is 1. The highest BCUT2D eigenvalue weighted by Gasteiger charge is 2.06. The molecule has 0 aliphatic rings. The maximum absolute atomic E-state index is 9.07. The van der Waals surface area contributed by atoms with E-state index in [1.165, 1.54) is 0 Å². The van der Waals surface area contributed by atoms with Gasteiger partial charge in [0, 0.05) is 23.9 Å². The van der Waals surface area contributed by atoms with Crippen LogP contribution in [0.1, 0.15) is 11.4 Å². The summed E-state index contributed by atoms with van der Waals surface area (Å²) in [6, 6.07) is 7.80. The summed E-state index contributed by atoms with van der Waals surface area (Å²) >= 11 is 3.36. The molecular weight excluding hydrogens is 280 g/mol. The summed E-state index contributed by atoms with van der Waals surface area (Å²) in [5.74, 6) is 0.925. The number of imidazole rings is 1. The van der Waals surface area contributed by atoms with Crippen molar-refractivity contribution in [3.63, 3.8) is 0 Å². The average Bonchev–Trinajstić information content (AvgIpc) is 2.72. The molecule has 2 rings (SSSR count). The van der Waals surface area contributed by atoms with Crippen LogP contribution in [0.3, 0.4) is 0 Å². The van der Waals surface area contributed by atoms with E-state index in [0.717, 1.165) is 16.0 Å². The van der Waals surface area contributed by atoms with E-state index in [4.69, 9.17) is 5.26 Å². The van der Waals surface area contributed by atoms with Crippen LogP contribution >= 0.6 is 15.9 Å². The van der Waals surface area contributed by atoms with Crippen LogP contribution in [0.15, 0.2) is 35.1 Å². The summed E-state index contributed by atoms with van der Waals surface area (Å²) in [6.07, 6.45) is 3.65. The summed E-state index contributed by atoms with van der Waals surface area (Å²) in [6.45, 7) is 0.592. The maximum Gasteiger partial charge on any atom is 0.127 e. The predicted molar refractivity (Wildman–Crippen MR) is 69.4 cm³/mol. The average molecular weight is 291 g/mol. The van der Waals surface area contributed by atoms with Crippen LogP contribution in [0, 0.1) is 11.3 Å². The number of nitrogens with zero attached hydrogens (tertiary/aromatic N) is 3. The number of benzene rings is 1. The second kappa shape index (κ2) is 5.02. The minimum Gasteiger partial charge on any atom is -0.377 e. The first-order valence-corrected chi connectivity index (χ1v) is 5.90. The molecule has 2 aromatic rings. The van der Waals surface area contributed by atoms with Gasteiger partial charge in [0.25, 0.3) is 0 Å². The number of hydrogen-bond donors (Lipinski definition) is 1. The van der Waals surface area contributed by atoms with Crippen molar-refractivity contribution in [3.8, 4) is 6.07 Å². The van der Waals surface area contributed by atoms with Crippen LogP contribution in [0.25, 0.3) is 0 Å². The largest absolute Gasteiger partial charge is 0.377 e. The van der Waals surface area contributed by atoms with E-state index in [0.29, 0.717) is 12.1 Å². The van der Waals surface area contributed by atoms with Crippen molar-refractivity contribution in [2.75, 3.05) is 5.32 Å². The van der Waals surface area contributed by atoms with Gasteiger partial charge in [-0.05, 0) is 28.1 Å². The van der Waals surface area contributed by atoms with E-state index < -0.39 is 0 Å². The molecule has 0 saturated heterocycles. The van der Waals surface area contributed by atoms with Gasteiger partial charge in [-0.2, -0.15) is 5.26 Å². The van der Waals surface area contributed by atoms with Crippen LogP contribution in [-0.4, -0.2) is 9.55 Å². The van der Waals surface area contributed by atoms with E-state index in [1.54, 1.807) is 6.20 Å². The first-order chi connectivity index (χ1) is 8.22. The second-order valence-electron chi connectivity index (χ2n) is 3.58. The van der Waals surface area contributed by atoms with Gasteiger partial charge in [-0.25, -0.2) is 4.98 Å². The highest BCUT2D eigenvalue weighted by atomic mass is 79.9. The van der Waals surface area contributed by atoms with E-state index in [9.17, 15) is 0 Å². The highest BCUT2D eigenvalue weighted by molar-refractivity contribution is 9.10. The molecular formula is C12H11BrN4. The van der Waals surface area contributed by atoms with Crippen molar-refractivity contribution in [1.29, 1.82) is 5.26 Å². The molecule has 17 heavy (non-hydrogen) atoms. The Hall–Kier alpha value is -1.80. The normalized spacial score (nSPS) is 9.94. The Kier molecular flexibility index (Phi) is 3.45. The van der Waals surface area contributed by atoms with Crippen molar-refractivity contribution in [3.05, 3.63) is 46.5 Å². The van der Waals surface area contributed by atoms with E-state index in [1.807, 2.05) is 36.0 Å². The number of aromatic nitrogens is 2. The summed E-state index contributed by atoms with van der Waals surface area (Å²) in [5, 5.41) is 12.3. The van der Waals surface area contributed by atoms with Gasteiger partial charge in [0.2, 0.25) is 0 Å². The minimum absolute atomic E-state index is 0.592. The molecule has 1 aromatic carbocycles.